The molecule has 12 heteroatoms. The number of anilines is 2. The molecule has 0 atom stereocenters. The molecule has 1 heterocycles. The minimum atomic E-state index is -4.86. The van der Waals surface area contributed by atoms with Gasteiger partial charge in [0, 0.05) is 18.2 Å². The van der Waals surface area contributed by atoms with E-state index in [2.05, 4.69) is 15.8 Å². The summed E-state index contributed by atoms with van der Waals surface area (Å²) in [6, 6.07) is 12.9. The van der Waals surface area contributed by atoms with Crippen LogP contribution >= 0.6 is 0 Å². The molecule has 0 unspecified atom stereocenters. The number of carboxylic acids is 1. The van der Waals surface area contributed by atoms with Gasteiger partial charge in [0.2, 0.25) is 5.91 Å². The summed E-state index contributed by atoms with van der Waals surface area (Å²) in [4.78, 5) is 36.0. The number of carbonyl (C=O) groups excluding carboxylic acids is 2. The lowest BCUT2D eigenvalue weighted by atomic mass is 9.95. The van der Waals surface area contributed by atoms with E-state index < -0.39 is 40.8 Å². The van der Waals surface area contributed by atoms with E-state index in [0.717, 1.165) is 12.1 Å². The molecule has 0 aliphatic heterocycles. The van der Waals surface area contributed by atoms with Gasteiger partial charge in [-0.1, -0.05) is 23.4 Å². The first-order chi connectivity index (χ1) is 17.5. The number of para-hydroxylation sites is 1. The quantitative estimate of drug-likeness (QED) is 0.332. The zero-order valence-electron chi connectivity index (χ0n) is 18.8. The SMILES string of the molecule is CC(=O)Nc1ccccc1-c1cc2onc(C(=O)Nc3ccc(C#N)cc3C(=O)O)c2cc1C(F)(F)F. The molecule has 3 N–H and O–H groups in total. The Morgan fingerprint density at radius 2 is 1.73 bits per heavy atom. The first-order valence-corrected chi connectivity index (χ1v) is 10.5. The number of carboxylic acid groups (broad SMARTS) is 1. The molecule has 37 heavy (non-hydrogen) atoms. The second-order valence-electron chi connectivity index (χ2n) is 7.78. The van der Waals surface area contributed by atoms with Gasteiger partial charge in [-0.2, -0.15) is 18.4 Å². The van der Waals surface area contributed by atoms with Gasteiger partial charge < -0.3 is 20.3 Å². The fourth-order valence-corrected chi connectivity index (χ4v) is 3.70. The Hall–Kier alpha value is -5.18. The third kappa shape index (κ3) is 4.96. The van der Waals surface area contributed by atoms with Crippen molar-refractivity contribution in [2.75, 3.05) is 10.6 Å². The van der Waals surface area contributed by atoms with Crippen LogP contribution in [-0.4, -0.2) is 28.0 Å². The molecule has 0 fully saturated rings. The normalized spacial score (nSPS) is 11.1. The molecule has 3 aromatic carbocycles. The van der Waals surface area contributed by atoms with Gasteiger partial charge in [-0.25, -0.2) is 4.79 Å². The van der Waals surface area contributed by atoms with Gasteiger partial charge in [0.05, 0.1) is 33.8 Å². The lowest BCUT2D eigenvalue weighted by Gasteiger charge is -2.16. The van der Waals surface area contributed by atoms with Crippen molar-refractivity contribution in [3.8, 4) is 17.2 Å². The summed E-state index contributed by atoms with van der Waals surface area (Å²) in [5.41, 5.74) is -2.43. The number of aromatic nitrogens is 1. The molecule has 2 amide bonds. The molecule has 4 aromatic rings. The highest BCUT2D eigenvalue weighted by Crippen LogP contribution is 2.42. The molecular weight excluding hydrogens is 493 g/mol. The molecule has 1 aromatic heterocycles. The maximum atomic E-state index is 14.1. The molecule has 186 valence electrons. The highest BCUT2D eigenvalue weighted by molar-refractivity contribution is 6.13. The first-order valence-electron chi connectivity index (χ1n) is 10.5. The second-order valence-corrected chi connectivity index (χ2v) is 7.78. The molecule has 9 nitrogen and oxygen atoms in total. The van der Waals surface area contributed by atoms with Crippen molar-refractivity contribution in [3.05, 3.63) is 77.0 Å². The molecular formula is C25H15F3N4O5. The number of nitrogens with zero attached hydrogens (tertiary/aromatic N) is 2. The van der Waals surface area contributed by atoms with Gasteiger partial charge in [-0.05, 0) is 42.0 Å². The van der Waals surface area contributed by atoms with Crippen LogP contribution in [0.4, 0.5) is 24.5 Å². The maximum absolute atomic E-state index is 14.1. The number of fused-ring (bicyclic) bond motifs is 1. The first kappa shape index (κ1) is 24.9. The number of nitrogens with one attached hydrogen (secondary N) is 2. The Balaban J connectivity index is 1.82. The Bertz CT molecular complexity index is 1620. The van der Waals surface area contributed by atoms with Crippen molar-refractivity contribution in [1.29, 1.82) is 5.26 Å². The van der Waals surface area contributed by atoms with Gasteiger partial charge in [0.15, 0.2) is 11.3 Å². The summed E-state index contributed by atoms with van der Waals surface area (Å²) in [5.74, 6) is -2.94. The number of hydrogen-bond acceptors (Lipinski definition) is 6. The van der Waals surface area contributed by atoms with E-state index in [9.17, 15) is 32.7 Å². The van der Waals surface area contributed by atoms with Crippen molar-refractivity contribution >= 4 is 40.1 Å². The zero-order chi connectivity index (χ0) is 26.9. The maximum Gasteiger partial charge on any atom is 0.417 e. The molecule has 0 spiro atoms. The number of benzene rings is 3. The average molecular weight is 508 g/mol. The van der Waals surface area contributed by atoms with Crippen LogP contribution in [0.15, 0.2) is 59.1 Å². The van der Waals surface area contributed by atoms with Crippen LogP contribution in [0.5, 0.6) is 0 Å². The minimum Gasteiger partial charge on any atom is -0.478 e. The summed E-state index contributed by atoms with van der Waals surface area (Å²) in [6.45, 7) is 1.22. The van der Waals surface area contributed by atoms with Crippen molar-refractivity contribution in [2.45, 2.75) is 13.1 Å². The Labute approximate surface area is 206 Å². The zero-order valence-corrected chi connectivity index (χ0v) is 18.8. The fourth-order valence-electron chi connectivity index (χ4n) is 3.70. The van der Waals surface area contributed by atoms with Gasteiger partial charge in [-0.3, -0.25) is 9.59 Å². The molecule has 0 bridgehead atoms. The molecule has 0 aliphatic rings. The molecule has 0 saturated heterocycles. The molecule has 0 radical (unpaired) electrons. The lowest BCUT2D eigenvalue weighted by molar-refractivity contribution is -0.137. The third-order valence-electron chi connectivity index (χ3n) is 5.29. The van der Waals surface area contributed by atoms with Gasteiger partial charge in [0.25, 0.3) is 5.91 Å². The summed E-state index contributed by atoms with van der Waals surface area (Å²) < 4.78 is 47.5. The van der Waals surface area contributed by atoms with Crippen LogP contribution < -0.4 is 10.6 Å². The standard InChI is InChI=1S/C25H15F3N4O5/c1-12(33)30-19-5-3-2-4-14(19)15-10-21-17(9-18(15)25(26,27)28)22(32-37-21)23(34)31-20-7-6-13(11-29)8-16(20)24(35)36/h2-10H,1H3,(H,30,33)(H,31,34)(H,35,36). The highest BCUT2D eigenvalue weighted by atomic mass is 19.4. The monoisotopic (exact) mass is 508 g/mol. The molecule has 4 rings (SSSR count). The topological polar surface area (TPSA) is 145 Å². The van der Waals surface area contributed by atoms with Crippen LogP contribution in [0.25, 0.3) is 22.1 Å². The predicted octanol–water partition coefficient (Wildman–Crippen LogP) is 5.29. The fraction of sp³-hybridized carbons (Fsp3) is 0.0800. The molecule has 0 saturated carbocycles. The number of amides is 2. The summed E-state index contributed by atoms with van der Waals surface area (Å²) in [5, 5.41) is 26.5. The molecule has 0 aliphatic carbocycles. The minimum absolute atomic E-state index is 0.0316. The lowest BCUT2D eigenvalue weighted by Crippen LogP contribution is -2.16. The Morgan fingerprint density at radius 1 is 1.00 bits per heavy atom. The highest BCUT2D eigenvalue weighted by Gasteiger charge is 2.36. The average Bonchev–Trinajstić information content (AvgIpc) is 3.26. The van der Waals surface area contributed by atoms with E-state index in [1.54, 1.807) is 12.1 Å². The van der Waals surface area contributed by atoms with Crippen LogP contribution in [0, 0.1) is 11.3 Å². The van der Waals surface area contributed by atoms with Gasteiger partial charge in [-0.15, -0.1) is 0 Å². The van der Waals surface area contributed by atoms with Crippen molar-refractivity contribution in [3.63, 3.8) is 0 Å². The van der Waals surface area contributed by atoms with E-state index in [0.29, 0.717) is 6.07 Å². The van der Waals surface area contributed by atoms with Crippen molar-refractivity contribution in [1.82, 2.24) is 5.16 Å². The van der Waals surface area contributed by atoms with Crippen LogP contribution in [-0.2, 0) is 11.0 Å². The number of aromatic carboxylic acids is 1. The van der Waals surface area contributed by atoms with E-state index in [-0.39, 0.29) is 39.0 Å². The Kier molecular flexibility index (Phi) is 6.37. The van der Waals surface area contributed by atoms with E-state index >= 15 is 0 Å². The van der Waals surface area contributed by atoms with E-state index in [1.807, 2.05) is 0 Å². The van der Waals surface area contributed by atoms with E-state index in [4.69, 9.17) is 9.78 Å². The number of nitriles is 1. The number of rotatable bonds is 5. The van der Waals surface area contributed by atoms with Gasteiger partial charge in [0.1, 0.15) is 0 Å². The van der Waals surface area contributed by atoms with Crippen LogP contribution in [0.3, 0.4) is 0 Å². The second kappa shape index (κ2) is 9.46. The predicted molar refractivity (Wildman–Crippen MR) is 125 cm³/mol. The number of alkyl halides is 3. The Morgan fingerprint density at radius 3 is 2.38 bits per heavy atom. The smallest absolute Gasteiger partial charge is 0.417 e. The summed E-state index contributed by atoms with van der Waals surface area (Å²) in [7, 11) is 0. The van der Waals surface area contributed by atoms with Crippen molar-refractivity contribution < 1.29 is 37.2 Å². The number of halogens is 3. The summed E-state index contributed by atoms with van der Waals surface area (Å²) in [6.07, 6.45) is -4.86. The van der Waals surface area contributed by atoms with Crippen LogP contribution in [0.2, 0.25) is 0 Å². The largest absolute Gasteiger partial charge is 0.478 e. The number of carbonyl (C=O) groups is 3. The van der Waals surface area contributed by atoms with E-state index in [1.165, 1.54) is 37.3 Å². The van der Waals surface area contributed by atoms with Crippen molar-refractivity contribution in [2.24, 2.45) is 0 Å². The number of hydrogen-bond donors (Lipinski definition) is 3. The van der Waals surface area contributed by atoms with Gasteiger partial charge >= 0.3 is 12.1 Å². The third-order valence-corrected chi connectivity index (χ3v) is 5.29. The van der Waals surface area contributed by atoms with Crippen LogP contribution in [0.1, 0.15) is 38.9 Å². The summed E-state index contributed by atoms with van der Waals surface area (Å²) >= 11 is 0.